The summed E-state index contributed by atoms with van der Waals surface area (Å²) in [6.07, 6.45) is -0.318. The summed E-state index contributed by atoms with van der Waals surface area (Å²) in [6, 6.07) is 7.32. The van der Waals surface area contributed by atoms with E-state index in [1.165, 1.54) is 23.0 Å². The number of benzene rings is 1. The summed E-state index contributed by atoms with van der Waals surface area (Å²) in [6.45, 7) is 3.61. The van der Waals surface area contributed by atoms with Gasteiger partial charge in [0.05, 0.1) is 28.9 Å². The molecule has 33 heavy (non-hydrogen) atoms. The van der Waals surface area contributed by atoms with Crippen molar-refractivity contribution in [1.29, 1.82) is 5.41 Å². The number of carbonyl (C=O) groups excluding carboxylic acids is 1. The summed E-state index contributed by atoms with van der Waals surface area (Å²) < 4.78 is 43.8. The zero-order valence-corrected chi connectivity index (χ0v) is 18.9. The van der Waals surface area contributed by atoms with Gasteiger partial charge in [0.1, 0.15) is 5.69 Å². The number of nitrogens with one attached hydrogen (secondary N) is 3. The first-order valence-corrected chi connectivity index (χ1v) is 10.8. The summed E-state index contributed by atoms with van der Waals surface area (Å²) in [7, 11) is 1.59. The molecule has 1 aromatic heterocycles. The SMILES string of the molecule is C/C=C1\C(=N)C(c2cc(NOSCC)ccc2Nc2ccc(C(F)(F)F)nc2)=CN(C)C1=O. The summed E-state index contributed by atoms with van der Waals surface area (Å²) in [5.74, 6) is 0.429. The van der Waals surface area contributed by atoms with Crippen LogP contribution in [0, 0.1) is 5.41 Å². The van der Waals surface area contributed by atoms with Crippen LogP contribution in [0.5, 0.6) is 0 Å². The Hall–Kier alpha value is -3.31. The highest BCUT2D eigenvalue weighted by molar-refractivity contribution is 7.94. The van der Waals surface area contributed by atoms with Crippen LogP contribution in [0.2, 0.25) is 0 Å². The Morgan fingerprint density at radius 2 is 1.97 bits per heavy atom. The number of amides is 1. The highest BCUT2D eigenvalue weighted by atomic mass is 32.2. The second kappa shape index (κ2) is 10.1. The maximum absolute atomic E-state index is 12.8. The molecule has 2 aromatic rings. The van der Waals surface area contributed by atoms with Crippen LogP contribution in [0.25, 0.3) is 5.57 Å². The van der Waals surface area contributed by atoms with Gasteiger partial charge in [0.15, 0.2) is 0 Å². The minimum atomic E-state index is -4.53. The zero-order valence-electron chi connectivity index (χ0n) is 18.1. The van der Waals surface area contributed by atoms with Crippen molar-refractivity contribution in [3.8, 4) is 0 Å². The Morgan fingerprint density at radius 1 is 1.24 bits per heavy atom. The van der Waals surface area contributed by atoms with E-state index in [1.807, 2.05) is 6.92 Å². The fourth-order valence-electron chi connectivity index (χ4n) is 3.10. The average Bonchev–Trinajstić information content (AvgIpc) is 2.78. The first-order chi connectivity index (χ1) is 15.7. The standard InChI is InChI=1S/C22H22F3N5O2S/c1-4-15-20(26)17(12-30(3)21(15)31)16-10-13(29-32-33-5-2)6-8-18(16)28-14-7-9-19(27-11-14)22(23,24)25/h4,6-12,26,28-29H,5H2,1-3H3/b15-4+,26-20?. The molecule has 1 aliphatic heterocycles. The quantitative estimate of drug-likeness (QED) is 0.207. The van der Waals surface area contributed by atoms with Crippen molar-refractivity contribution in [2.45, 2.75) is 20.0 Å². The highest BCUT2D eigenvalue weighted by Crippen LogP contribution is 2.35. The van der Waals surface area contributed by atoms with Gasteiger partial charge in [-0.1, -0.05) is 13.0 Å². The van der Waals surface area contributed by atoms with Crippen LogP contribution in [-0.2, 0) is 15.3 Å². The predicted octanol–water partition coefficient (Wildman–Crippen LogP) is 5.63. The lowest BCUT2D eigenvalue weighted by atomic mass is 9.91. The molecule has 0 atom stereocenters. The van der Waals surface area contributed by atoms with Crippen molar-refractivity contribution in [3.05, 3.63) is 65.6 Å². The van der Waals surface area contributed by atoms with E-state index in [0.717, 1.165) is 18.0 Å². The second-order valence-electron chi connectivity index (χ2n) is 6.94. The van der Waals surface area contributed by atoms with E-state index in [9.17, 15) is 18.0 Å². The number of halogens is 3. The molecule has 11 heteroatoms. The number of pyridine rings is 1. The largest absolute Gasteiger partial charge is 0.433 e. The molecule has 2 heterocycles. The van der Waals surface area contributed by atoms with E-state index < -0.39 is 11.9 Å². The maximum atomic E-state index is 12.8. The van der Waals surface area contributed by atoms with Crippen molar-refractivity contribution >= 4 is 46.3 Å². The predicted molar refractivity (Wildman–Crippen MR) is 124 cm³/mol. The second-order valence-corrected chi connectivity index (χ2v) is 7.92. The van der Waals surface area contributed by atoms with Gasteiger partial charge in [-0.25, -0.2) is 9.27 Å². The number of anilines is 3. The van der Waals surface area contributed by atoms with Crippen molar-refractivity contribution in [2.75, 3.05) is 23.6 Å². The molecule has 0 saturated heterocycles. The minimum absolute atomic E-state index is 0.0372. The fourth-order valence-corrected chi connectivity index (χ4v) is 3.37. The van der Waals surface area contributed by atoms with Gasteiger partial charge < -0.3 is 10.2 Å². The van der Waals surface area contributed by atoms with E-state index in [2.05, 4.69) is 15.8 Å². The molecule has 0 radical (unpaired) electrons. The number of likely N-dealkylation sites (N-methyl/N-ethyl adjacent to an activating group) is 1. The van der Waals surface area contributed by atoms with Gasteiger partial charge in [-0.05, 0) is 37.3 Å². The van der Waals surface area contributed by atoms with Crippen molar-refractivity contribution in [1.82, 2.24) is 9.88 Å². The van der Waals surface area contributed by atoms with Gasteiger partial charge in [0.2, 0.25) is 0 Å². The van der Waals surface area contributed by atoms with Gasteiger partial charge in [0.25, 0.3) is 5.91 Å². The first kappa shape index (κ1) is 24.3. The zero-order chi connectivity index (χ0) is 24.2. The Morgan fingerprint density at radius 3 is 2.58 bits per heavy atom. The third kappa shape index (κ3) is 5.55. The fraction of sp³-hybridized carbons (Fsp3) is 0.227. The molecule has 7 nitrogen and oxygen atoms in total. The number of alkyl halides is 3. The van der Waals surface area contributed by atoms with Crippen molar-refractivity contribution < 1.29 is 22.2 Å². The van der Waals surface area contributed by atoms with E-state index in [-0.39, 0.29) is 17.2 Å². The van der Waals surface area contributed by atoms with E-state index >= 15 is 0 Å². The van der Waals surface area contributed by atoms with E-state index in [0.29, 0.717) is 28.2 Å². The number of nitrogens with zero attached hydrogens (tertiary/aromatic N) is 2. The molecule has 1 aromatic carbocycles. The summed E-state index contributed by atoms with van der Waals surface area (Å²) in [5.41, 5.74) is 4.54. The Kier molecular flexibility index (Phi) is 7.44. The van der Waals surface area contributed by atoms with Crippen LogP contribution in [-0.4, -0.2) is 34.3 Å². The van der Waals surface area contributed by atoms with Crippen molar-refractivity contribution in [3.63, 3.8) is 0 Å². The summed E-state index contributed by atoms with van der Waals surface area (Å²) in [4.78, 5) is 17.3. The molecule has 174 valence electrons. The van der Waals surface area contributed by atoms with E-state index in [4.69, 9.17) is 9.69 Å². The number of hydrogen-bond acceptors (Lipinski definition) is 7. The molecule has 3 N–H and O–H groups in total. The minimum Gasteiger partial charge on any atom is -0.354 e. The van der Waals surface area contributed by atoms with Crippen LogP contribution < -0.4 is 10.8 Å². The van der Waals surface area contributed by atoms with Gasteiger partial charge in [-0.15, -0.1) is 0 Å². The van der Waals surface area contributed by atoms with E-state index in [1.54, 1.807) is 44.4 Å². The Bertz CT molecular complexity index is 1110. The molecule has 0 spiro atoms. The van der Waals surface area contributed by atoms with Crippen LogP contribution in [0.1, 0.15) is 25.1 Å². The smallest absolute Gasteiger partial charge is 0.354 e. The lowest BCUT2D eigenvalue weighted by molar-refractivity contribution is -0.141. The summed E-state index contributed by atoms with van der Waals surface area (Å²) >= 11 is 1.21. The van der Waals surface area contributed by atoms with Crippen molar-refractivity contribution in [2.24, 2.45) is 0 Å². The molecule has 0 bridgehead atoms. The molecule has 0 saturated carbocycles. The van der Waals surface area contributed by atoms with Gasteiger partial charge >= 0.3 is 6.18 Å². The molecule has 3 rings (SSSR count). The Labute approximate surface area is 193 Å². The third-order valence-electron chi connectivity index (χ3n) is 4.68. The molecule has 0 unspecified atom stereocenters. The van der Waals surface area contributed by atoms with Crippen LogP contribution >= 0.6 is 12.0 Å². The maximum Gasteiger partial charge on any atom is 0.433 e. The molecular weight excluding hydrogens is 455 g/mol. The van der Waals surface area contributed by atoms with Gasteiger partial charge in [0, 0.05) is 47.9 Å². The number of allylic oxidation sites excluding steroid dienone is 2. The van der Waals surface area contributed by atoms with Crippen LogP contribution in [0.4, 0.5) is 30.2 Å². The topological polar surface area (TPSA) is 90.3 Å². The number of carbonyl (C=O) groups is 1. The number of aromatic nitrogens is 1. The normalized spacial score (nSPS) is 15.6. The third-order valence-corrected chi connectivity index (χ3v) is 5.12. The lowest BCUT2D eigenvalue weighted by Crippen LogP contribution is -2.32. The molecule has 1 amide bonds. The molecule has 1 aliphatic rings. The van der Waals surface area contributed by atoms with Crippen LogP contribution in [0.3, 0.4) is 0 Å². The summed E-state index contributed by atoms with van der Waals surface area (Å²) in [5, 5.41) is 11.6. The first-order valence-electron chi connectivity index (χ1n) is 9.89. The highest BCUT2D eigenvalue weighted by Gasteiger charge is 2.32. The van der Waals surface area contributed by atoms with Gasteiger partial charge in [-0.3, -0.25) is 15.7 Å². The lowest BCUT2D eigenvalue weighted by Gasteiger charge is -2.26. The molecule has 0 fully saturated rings. The Balaban J connectivity index is 2.02. The molecular formula is C22H22F3N5O2S. The van der Waals surface area contributed by atoms with Gasteiger partial charge in [-0.2, -0.15) is 13.2 Å². The number of rotatable bonds is 7. The number of hydrogen-bond donors (Lipinski definition) is 3. The monoisotopic (exact) mass is 477 g/mol. The van der Waals surface area contributed by atoms with Crippen LogP contribution in [0.15, 0.2) is 54.4 Å². The molecule has 0 aliphatic carbocycles. The average molecular weight is 478 g/mol.